The lowest BCUT2D eigenvalue weighted by atomic mass is 10.3. The van der Waals surface area contributed by atoms with Gasteiger partial charge in [-0.25, -0.2) is 8.42 Å². The smallest absolute Gasteiger partial charge is 0.175 e. The lowest BCUT2D eigenvalue weighted by molar-refractivity contribution is 0.208. The Balaban J connectivity index is 1.91. The second-order valence-electron chi connectivity index (χ2n) is 5.09. The van der Waals surface area contributed by atoms with Crippen LogP contribution < -0.4 is 4.74 Å². The molecule has 23 heavy (non-hydrogen) atoms. The summed E-state index contributed by atoms with van der Waals surface area (Å²) in [5.74, 6) is 3.96. The zero-order valence-corrected chi connectivity index (χ0v) is 13.8. The van der Waals surface area contributed by atoms with Crippen molar-refractivity contribution < 1.29 is 17.6 Å². The molecule has 1 aromatic carbocycles. The summed E-state index contributed by atoms with van der Waals surface area (Å²) in [6.07, 6.45) is 8.17. The van der Waals surface area contributed by atoms with Gasteiger partial charge in [0, 0.05) is 12.8 Å². The molecule has 1 heterocycles. The lowest BCUT2D eigenvalue weighted by Crippen LogP contribution is -2.28. The van der Waals surface area contributed by atoms with Crippen molar-refractivity contribution in [3.63, 3.8) is 0 Å². The van der Waals surface area contributed by atoms with Crippen molar-refractivity contribution in [1.82, 2.24) is 4.90 Å². The number of nitrogens with zero attached hydrogens (tertiary/aromatic N) is 1. The van der Waals surface area contributed by atoms with E-state index in [2.05, 4.69) is 5.92 Å². The summed E-state index contributed by atoms with van der Waals surface area (Å²) in [5, 5.41) is 0. The van der Waals surface area contributed by atoms with Crippen molar-refractivity contribution in [3.8, 4) is 18.1 Å². The van der Waals surface area contributed by atoms with Gasteiger partial charge in [0.05, 0.1) is 24.2 Å². The van der Waals surface area contributed by atoms with E-state index in [0.717, 1.165) is 5.76 Å². The third kappa shape index (κ3) is 5.47. The number of benzene rings is 1. The van der Waals surface area contributed by atoms with Crippen molar-refractivity contribution in [1.29, 1.82) is 0 Å². The van der Waals surface area contributed by atoms with E-state index in [4.69, 9.17) is 15.6 Å². The van der Waals surface area contributed by atoms with Gasteiger partial charge in [0.1, 0.15) is 18.1 Å². The van der Waals surface area contributed by atoms with Crippen molar-refractivity contribution in [3.05, 3.63) is 48.4 Å². The lowest BCUT2D eigenvalue weighted by Gasteiger charge is -2.18. The molecular formula is C17H19NO4S. The van der Waals surface area contributed by atoms with Crippen LogP contribution in [0.5, 0.6) is 5.75 Å². The van der Waals surface area contributed by atoms with Gasteiger partial charge in [0.25, 0.3) is 0 Å². The summed E-state index contributed by atoms with van der Waals surface area (Å²) in [4.78, 5) is 2.25. The molecule has 0 aliphatic rings. The first kappa shape index (κ1) is 17.1. The van der Waals surface area contributed by atoms with E-state index in [0.29, 0.717) is 32.0 Å². The van der Waals surface area contributed by atoms with E-state index in [1.165, 1.54) is 12.3 Å². The van der Waals surface area contributed by atoms with E-state index >= 15 is 0 Å². The Morgan fingerprint density at radius 2 is 2.13 bits per heavy atom. The highest BCUT2D eigenvalue weighted by Crippen LogP contribution is 2.17. The van der Waals surface area contributed by atoms with Gasteiger partial charge in [-0.3, -0.25) is 4.90 Å². The standard InChI is InChI=1S/C17H19NO4S/c1-3-9-18(14-16-7-5-11-21-16)10-12-22-15-6-4-8-17(13-15)23(2,19)20/h1,4-8,11,13H,9-10,12,14H2,2H3. The SMILES string of the molecule is C#CCN(CCOc1cccc(S(C)(=O)=O)c1)Cc1ccco1. The summed E-state index contributed by atoms with van der Waals surface area (Å²) in [6, 6.07) is 10.2. The average molecular weight is 333 g/mol. The van der Waals surface area contributed by atoms with Crippen LogP contribution in [0.2, 0.25) is 0 Å². The minimum atomic E-state index is -3.24. The molecule has 6 heteroatoms. The molecule has 0 spiro atoms. The van der Waals surface area contributed by atoms with Gasteiger partial charge in [0.2, 0.25) is 0 Å². The molecule has 0 N–H and O–H groups in total. The van der Waals surface area contributed by atoms with Crippen LogP contribution in [-0.4, -0.2) is 39.3 Å². The van der Waals surface area contributed by atoms with Crippen LogP contribution in [0.15, 0.2) is 52.0 Å². The van der Waals surface area contributed by atoms with E-state index in [-0.39, 0.29) is 4.90 Å². The Hall–Kier alpha value is -2.23. The van der Waals surface area contributed by atoms with Gasteiger partial charge in [-0.05, 0) is 30.3 Å². The van der Waals surface area contributed by atoms with Gasteiger partial charge in [-0.1, -0.05) is 12.0 Å². The molecule has 0 amide bonds. The first-order valence-electron chi connectivity index (χ1n) is 7.10. The quantitative estimate of drug-likeness (QED) is 0.693. The normalized spacial score (nSPS) is 11.3. The van der Waals surface area contributed by atoms with Crippen molar-refractivity contribution >= 4 is 9.84 Å². The Labute approximate surface area is 136 Å². The fraction of sp³-hybridized carbons (Fsp3) is 0.294. The highest BCUT2D eigenvalue weighted by molar-refractivity contribution is 7.90. The molecule has 0 bridgehead atoms. The van der Waals surface area contributed by atoms with E-state index in [1.54, 1.807) is 24.5 Å². The summed E-state index contributed by atoms with van der Waals surface area (Å²) >= 11 is 0. The number of sulfone groups is 1. The van der Waals surface area contributed by atoms with Crippen LogP contribution in [0.1, 0.15) is 5.76 Å². The maximum atomic E-state index is 11.5. The fourth-order valence-corrected chi connectivity index (χ4v) is 2.71. The summed E-state index contributed by atoms with van der Waals surface area (Å²) in [6.45, 7) is 2.08. The maximum Gasteiger partial charge on any atom is 0.175 e. The minimum Gasteiger partial charge on any atom is -0.492 e. The number of rotatable bonds is 8. The molecule has 0 fully saturated rings. The maximum absolute atomic E-state index is 11.5. The van der Waals surface area contributed by atoms with Gasteiger partial charge >= 0.3 is 0 Å². The molecule has 2 rings (SSSR count). The molecule has 0 unspecified atom stereocenters. The number of hydrogen-bond acceptors (Lipinski definition) is 5. The molecule has 0 aliphatic carbocycles. The topological polar surface area (TPSA) is 59.8 Å². The minimum absolute atomic E-state index is 0.242. The van der Waals surface area contributed by atoms with Crippen LogP contribution in [0, 0.1) is 12.3 Å². The molecule has 0 radical (unpaired) electrons. The Morgan fingerprint density at radius 1 is 1.30 bits per heavy atom. The zero-order valence-electron chi connectivity index (χ0n) is 12.9. The van der Waals surface area contributed by atoms with E-state index in [9.17, 15) is 8.42 Å². The molecule has 2 aromatic rings. The number of ether oxygens (including phenoxy) is 1. The third-order valence-corrected chi connectivity index (χ3v) is 4.29. The first-order chi connectivity index (χ1) is 11.0. The van der Waals surface area contributed by atoms with Crippen LogP contribution >= 0.6 is 0 Å². The molecule has 1 aromatic heterocycles. The van der Waals surface area contributed by atoms with E-state index in [1.807, 2.05) is 17.0 Å². The molecule has 122 valence electrons. The highest BCUT2D eigenvalue weighted by atomic mass is 32.2. The Kier molecular flexibility index (Phi) is 5.85. The van der Waals surface area contributed by atoms with Gasteiger partial charge in [0.15, 0.2) is 9.84 Å². The predicted octanol–water partition coefficient (Wildman–Crippen LogP) is 2.20. The first-order valence-corrected chi connectivity index (χ1v) is 8.99. The highest BCUT2D eigenvalue weighted by Gasteiger charge is 2.09. The monoisotopic (exact) mass is 333 g/mol. The number of hydrogen-bond donors (Lipinski definition) is 0. The van der Waals surface area contributed by atoms with Crippen LogP contribution in [0.25, 0.3) is 0 Å². The summed E-state index contributed by atoms with van der Waals surface area (Å²) in [7, 11) is -3.24. The van der Waals surface area contributed by atoms with Crippen LogP contribution in [0.3, 0.4) is 0 Å². The second-order valence-corrected chi connectivity index (χ2v) is 7.11. The van der Waals surface area contributed by atoms with Crippen molar-refractivity contribution in [2.45, 2.75) is 11.4 Å². The molecular weight excluding hydrogens is 314 g/mol. The predicted molar refractivity (Wildman–Crippen MR) is 87.9 cm³/mol. The van der Waals surface area contributed by atoms with Gasteiger partial charge < -0.3 is 9.15 Å². The Bertz CT molecular complexity index is 760. The van der Waals surface area contributed by atoms with Gasteiger partial charge in [-0.15, -0.1) is 6.42 Å². The molecule has 0 aliphatic heterocycles. The number of furan rings is 1. The Morgan fingerprint density at radius 3 is 2.78 bits per heavy atom. The zero-order chi connectivity index (χ0) is 16.7. The average Bonchev–Trinajstić information content (AvgIpc) is 3.00. The van der Waals surface area contributed by atoms with Crippen molar-refractivity contribution in [2.24, 2.45) is 0 Å². The van der Waals surface area contributed by atoms with Crippen LogP contribution in [0.4, 0.5) is 0 Å². The van der Waals surface area contributed by atoms with Gasteiger partial charge in [-0.2, -0.15) is 0 Å². The second kappa shape index (κ2) is 7.86. The van der Waals surface area contributed by atoms with Crippen LogP contribution in [-0.2, 0) is 16.4 Å². The molecule has 0 saturated heterocycles. The van der Waals surface area contributed by atoms with E-state index < -0.39 is 9.84 Å². The fourth-order valence-electron chi connectivity index (χ4n) is 2.05. The molecule has 5 nitrogen and oxygen atoms in total. The van der Waals surface area contributed by atoms with Crippen molar-refractivity contribution in [2.75, 3.05) is 26.0 Å². The molecule has 0 saturated carbocycles. The number of terminal acetylenes is 1. The summed E-state index contributed by atoms with van der Waals surface area (Å²) < 4.78 is 34.0. The summed E-state index contributed by atoms with van der Waals surface area (Å²) in [5.41, 5.74) is 0. The largest absolute Gasteiger partial charge is 0.492 e. The molecule has 0 atom stereocenters. The third-order valence-electron chi connectivity index (χ3n) is 3.18.